The van der Waals surface area contributed by atoms with Crippen molar-refractivity contribution in [2.45, 2.75) is 20.1 Å². The summed E-state index contributed by atoms with van der Waals surface area (Å²) in [5, 5.41) is 14.4. The third kappa shape index (κ3) is 5.21. The predicted octanol–water partition coefficient (Wildman–Crippen LogP) is 5.75. The van der Waals surface area contributed by atoms with Crippen LogP contribution in [-0.2, 0) is 13.2 Å². The van der Waals surface area contributed by atoms with E-state index in [1.807, 2.05) is 49.4 Å². The van der Waals surface area contributed by atoms with E-state index in [9.17, 15) is 10.1 Å². The molecule has 0 bridgehead atoms. The second kappa shape index (κ2) is 8.56. The Hall–Kier alpha value is -3.05. The van der Waals surface area contributed by atoms with Crippen molar-refractivity contribution in [1.29, 1.82) is 0 Å². The molecule has 27 heavy (non-hydrogen) atoms. The number of rotatable bonds is 7. The zero-order chi connectivity index (χ0) is 19.2. The van der Waals surface area contributed by atoms with E-state index in [0.29, 0.717) is 23.9 Å². The molecule has 6 heteroatoms. The minimum absolute atomic E-state index is 0.0682. The van der Waals surface area contributed by atoms with Gasteiger partial charge in [0.15, 0.2) is 0 Å². The van der Waals surface area contributed by atoms with Gasteiger partial charge in [0.25, 0.3) is 5.69 Å². The predicted molar refractivity (Wildman–Crippen MR) is 107 cm³/mol. The standard InChI is InChI=1S/C21H19ClN2O3/c1-15-2-4-16(5-3-15)14-27-21-11-6-17(12-20(21)22)13-23-18-7-9-19(10-8-18)24(25)26/h2-12,23H,13-14H2,1H3. The number of non-ortho nitro benzene ring substituents is 1. The summed E-state index contributed by atoms with van der Waals surface area (Å²) < 4.78 is 5.80. The lowest BCUT2D eigenvalue weighted by Crippen LogP contribution is -2.01. The molecule has 0 fully saturated rings. The minimum Gasteiger partial charge on any atom is -0.487 e. The molecule has 0 saturated heterocycles. The summed E-state index contributed by atoms with van der Waals surface area (Å²) in [7, 11) is 0. The summed E-state index contributed by atoms with van der Waals surface area (Å²) in [4.78, 5) is 10.3. The van der Waals surface area contributed by atoms with Gasteiger partial charge in [0.2, 0.25) is 0 Å². The minimum atomic E-state index is -0.418. The van der Waals surface area contributed by atoms with E-state index in [1.54, 1.807) is 12.1 Å². The van der Waals surface area contributed by atoms with Gasteiger partial charge in [-0.15, -0.1) is 0 Å². The lowest BCUT2D eigenvalue weighted by Gasteiger charge is -2.11. The Labute approximate surface area is 162 Å². The Morgan fingerprint density at radius 1 is 1.00 bits per heavy atom. The molecule has 0 heterocycles. The van der Waals surface area contributed by atoms with Gasteiger partial charge in [0.05, 0.1) is 9.95 Å². The Balaban J connectivity index is 1.57. The number of halogens is 1. The zero-order valence-corrected chi connectivity index (χ0v) is 15.6. The summed E-state index contributed by atoms with van der Waals surface area (Å²) in [6.07, 6.45) is 0. The quantitative estimate of drug-likeness (QED) is 0.417. The van der Waals surface area contributed by atoms with E-state index in [1.165, 1.54) is 17.7 Å². The zero-order valence-electron chi connectivity index (χ0n) is 14.8. The first-order valence-corrected chi connectivity index (χ1v) is 8.84. The van der Waals surface area contributed by atoms with Crippen LogP contribution in [0.2, 0.25) is 5.02 Å². The number of hydrogen-bond donors (Lipinski definition) is 1. The fraction of sp³-hybridized carbons (Fsp3) is 0.143. The lowest BCUT2D eigenvalue weighted by atomic mass is 10.1. The summed E-state index contributed by atoms with van der Waals surface area (Å²) in [6, 6.07) is 20.1. The van der Waals surface area contributed by atoms with E-state index >= 15 is 0 Å². The second-order valence-electron chi connectivity index (χ2n) is 6.20. The molecular weight excluding hydrogens is 364 g/mol. The first-order chi connectivity index (χ1) is 13.0. The Morgan fingerprint density at radius 2 is 1.67 bits per heavy atom. The highest BCUT2D eigenvalue weighted by Gasteiger charge is 2.06. The largest absolute Gasteiger partial charge is 0.487 e. The number of benzene rings is 3. The fourth-order valence-corrected chi connectivity index (χ4v) is 2.78. The summed E-state index contributed by atoms with van der Waals surface area (Å²) in [5.41, 5.74) is 4.15. The van der Waals surface area contributed by atoms with Crippen molar-refractivity contribution in [2.24, 2.45) is 0 Å². The molecule has 3 aromatic carbocycles. The smallest absolute Gasteiger partial charge is 0.269 e. The number of nitro groups is 1. The highest BCUT2D eigenvalue weighted by atomic mass is 35.5. The highest BCUT2D eigenvalue weighted by Crippen LogP contribution is 2.27. The lowest BCUT2D eigenvalue weighted by molar-refractivity contribution is -0.384. The first kappa shape index (κ1) is 18.7. The van der Waals surface area contributed by atoms with Crippen molar-refractivity contribution >= 4 is 23.0 Å². The molecule has 0 spiro atoms. The van der Waals surface area contributed by atoms with E-state index in [2.05, 4.69) is 5.32 Å². The maximum Gasteiger partial charge on any atom is 0.269 e. The molecule has 3 aromatic rings. The van der Waals surface area contributed by atoms with E-state index in [-0.39, 0.29) is 5.69 Å². The first-order valence-electron chi connectivity index (χ1n) is 8.46. The van der Waals surface area contributed by atoms with Gasteiger partial charge < -0.3 is 10.1 Å². The van der Waals surface area contributed by atoms with Gasteiger partial charge in [0.1, 0.15) is 12.4 Å². The van der Waals surface area contributed by atoms with E-state index in [4.69, 9.17) is 16.3 Å². The molecular formula is C21H19ClN2O3. The van der Waals surface area contributed by atoms with E-state index < -0.39 is 4.92 Å². The summed E-state index contributed by atoms with van der Waals surface area (Å²) in [5.74, 6) is 0.635. The number of nitro benzene ring substituents is 1. The molecule has 1 N–H and O–H groups in total. The van der Waals surface area contributed by atoms with Crippen molar-refractivity contribution in [3.63, 3.8) is 0 Å². The van der Waals surface area contributed by atoms with Crippen molar-refractivity contribution < 1.29 is 9.66 Å². The average molecular weight is 383 g/mol. The van der Waals surface area contributed by atoms with Gasteiger partial charge in [-0.3, -0.25) is 10.1 Å². The molecule has 138 valence electrons. The van der Waals surface area contributed by atoms with Crippen LogP contribution in [-0.4, -0.2) is 4.92 Å². The molecule has 0 saturated carbocycles. The average Bonchev–Trinajstić information content (AvgIpc) is 2.67. The fourth-order valence-electron chi connectivity index (χ4n) is 2.52. The molecule has 0 atom stereocenters. The van der Waals surface area contributed by atoms with Gasteiger partial charge in [-0.1, -0.05) is 47.5 Å². The molecule has 0 aliphatic heterocycles. The van der Waals surface area contributed by atoms with Crippen molar-refractivity contribution in [3.05, 3.63) is 98.6 Å². The Morgan fingerprint density at radius 3 is 2.30 bits per heavy atom. The number of aryl methyl sites for hydroxylation is 1. The van der Waals surface area contributed by atoms with Crippen LogP contribution in [0.1, 0.15) is 16.7 Å². The number of nitrogens with one attached hydrogen (secondary N) is 1. The number of hydrogen-bond acceptors (Lipinski definition) is 4. The van der Waals surface area contributed by atoms with Gasteiger partial charge in [-0.05, 0) is 42.3 Å². The second-order valence-corrected chi connectivity index (χ2v) is 6.60. The third-order valence-electron chi connectivity index (χ3n) is 4.09. The van der Waals surface area contributed by atoms with Crippen LogP contribution in [0.25, 0.3) is 0 Å². The summed E-state index contributed by atoms with van der Waals surface area (Å²) in [6.45, 7) is 3.06. The van der Waals surface area contributed by atoms with Gasteiger partial charge in [-0.2, -0.15) is 0 Å². The Kier molecular flexibility index (Phi) is 5.94. The number of ether oxygens (including phenoxy) is 1. The highest BCUT2D eigenvalue weighted by molar-refractivity contribution is 6.32. The van der Waals surface area contributed by atoms with E-state index in [0.717, 1.165) is 16.8 Å². The maximum atomic E-state index is 10.7. The molecule has 0 aliphatic carbocycles. The molecule has 0 unspecified atom stereocenters. The molecule has 5 nitrogen and oxygen atoms in total. The van der Waals surface area contributed by atoms with Crippen LogP contribution in [0.15, 0.2) is 66.7 Å². The van der Waals surface area contributed by atoms with Crippen molar-refractivity contribution in [2.75, 3.05) is 5.32 Å². The van der Waals surface area contributed by atoms with Crippen LogP contribution in [0.5, 0.6) is 5.75 Å². The van der Waals surface area contributed by atoms with Gasteiger partial charge >= 0.3 is 0 Å². The molecule has 0 radical (unpaired) electrons. The van der Waals surface area contributed by atoms with Crippen LogP contribution >= 0.6 is 11.6 Å². The molecule has 0 aliphatic rings. The number of nitrogens with zero attached hydrogens (tertiary/aromatic N) is 1. The normalized spacial score (nSPS) is 10.4. The van der Waals surface area contributed by atoms with Crippen LogP contribution in [0.3, 0.4) is 0 Å². The van der Waals surface area contributed by atoms with Crippen LogP contribution in [0.4, 0.5) is 11.4 Å². The summed E-state index contributed by atoms with van der Waals surface area (Å²) >= 11 is 6.33. The Bertz CT molecular complexity index is 925. The maximum absolute atomic E-state index is 10.7. The van der Waals surface area contributed by atoms with Gasteiger partial charge in [0, 0.05) is 24.4 Å². The molecule has 0 aromatic heterocycles. The molecule has 3 rings (SSSR count). The SMILES string of the molecule is Cc1ccc(COc2ccc(CNc3ccc([N+](=O)[O-])cc3)cc2Cl)cc1. The third-order valence-corrected chi connectivity index (χ3v) is 4.38. The van der Waals surface area contributed by atoms with Gasteiger partial charge in [-0.25, -0.2) is 0 Å². The molecule has 0 amide bonds. The number of anilines is 1. The van der Waals surface area contributed by atoms with Crippen molar-refractivity contribution in [1.82, 2.24) is 0 Å². The van der Waals surface area contributed by atoms with Crippen molar-refractivity contribution in [3.8, 4) is 5.75 Å². The monoisotopic (exact) mass is 382 g/mol. The van der Waals surface area contributed by atoms with Crippen LogP contribution in [0, 0.1) is 17.0 Å². The van der Waals surface area contributed by atoms with Crippen LogP contribution < -0.4 is 10.1 Å². The topological polar surface area (TPSA) is 64.4 Å².